The van der Waals surface area contributed by atoms with Crippen LogP contribution in [-0.2, 0) is 0 Å². The summed E-state index contributed by atoms with van der Waals surface area (Å²) in [5, 5.41) is 12.8. The molecule has 0 bridgehead atoms. The molecule has 1 aromatic carbocycles. The number of rotatable bonds is 2. The largest absolute Gasteiger partial charge is 0.370 e. The standard InChI is InChI=1S/C15H16N6O/c16-15(17)21-7-1-2-12(21)14-19-13(20-22-14)10-3-4-11-9(8-10)5-6-18-11/h3-6,8,12,18H,1-2,7H2,(H3,16,17)/t12-/m0/s1. The van der Waals surface area contributed by atoms with E-state index in [1.807, 2.05) is 30.5 Å². The first kappa shape index (κ1) is 12.9. The van der Waals surface area contributed by atoms with Crippen LogP contribution in [0, 0.1) is 5.41 Å². The molecule has 0 aliphatic carbocycles. The SMILES string of the molecule is N=C(N)N1CCC[C@H]1c1nc(-c2ccc3[nH]ccc3c2)no1. The summed E-state index contributed by atoms with van der Waals surface area (Å²) in [6.45, 7) is 0.757. The molecule has 1 atom stereocenters. The van der Waals surface area contributed by atoms with Crippen molar-refractivity contribution in [3.63, 3.8) is 0 Å². The Kier molecular flexibility index (Phi) is 2.85. The van der Waals surface area contributed by atoms with Gasteiger partial charge in [0.1, 0.15) is 6.04 Å². The molecule has 3 aromatic rings. The first-order valence-electron chi connectivity index (χ1n) is 7.24. The molecule has 7 heteroatoms. The van der Waals surface area contributed by atoms with Gasteiger partial charge in [0.25, 0.3) is 0 Å². The van der Waals surface area contributed by atoms with Crippen LogP contribution < -0.4 is 5.73 Å². The zero-order valence-corrected chi connectivity index (χ0v) is 11.9. The highest BCUT2D eigenvalue weighted by molar-refractivity contribution is 5.83. The number of aromatic amines is 1. The van der Waals surface area contributed by atoms with E-state index in [2.05, 4.69) is 15.1 Å². The van der Waals surface area contributed by atoms with E-state index >= 15 is 0 Å². The Morgan fingerprint density at radius 3 is 3.18 bits per heavy atom. The van der Waals surface area contributed by atoms with Gasteiger partial charge < -0.3 is 20.1 Å². The third-order valence-corrected chi connectivity index (χ3v) is 4.10. The second kappa shape index (κ2) is 4.87. The van der Waals surface area contributed by atoms with Gasteiger partial charge in [-0.2, -0.15) is 4.98 Å². The molecule has 0 radical (unpaired) electrons. The monoisotopic (exact) mass is 296 g/mol. The molecule has 2 aromatic heterocycles. The Hall–Kier alpha value is -2.83. The average Bonchev–Trinajstić information content (AvgIpc) is 3.25. The predicted molar refractivity (Wildman–Crippen MR) is 82.2 cm³/mol. The minimum Gasteiger partial charge on any atom is -0.370 e. The summed E-state index contributed by atoms with van der Waals surface area (Å²) in [7, 11) is 0. The topological polar surface area (TPSA) is 108 Å². The van der Waals surface area contributed by atoms with Crippen LogP contribution in [0.5, 0.6) is 0 Å². The van der Waals surface area contributed by atoms with Crippen molar-refractivity contribution in [3.8, 4) is 11.4 Å². The van der Waals surface area contributed by atoms with Crippen molar-refractivity contribution in [2.75, 3.05) is 6.54 Å². The van der Waals surface area contributed by atoms with Crippen LogP contribution >= 0.6 is 0 Å². The summed E-state index contributed by atoms with van der Waals surface area (Å²) in [5.41, 5.74) is 7.60. The molecule has 112 valence electrons. The summed E-state index contributed by atoms with van der Waals surface area (Å²) >= 11 is 0. The number of likely N-dealkylation sites (tertiary alicyclic amines) is 1. The summed E-state index contributed by atoms with van der Waals surface area (Å²) in [5.74, 6) is 1.14. The molecule has 0 unspecified atom stereocenters. The molecule has 1 aliphatic heterocycles. The lowest BCUT2D eigenvalue weighted by Crippen LogP contribution is -2.35. The zero-order chi connectivity index (χ0) is 15.1. The maximum Gasteiger partial charge on any atom is 0.249 e. The van der Waals surface area contributed by atoms with Crippen LogP contribution in [0.4, 0.5) is 0 Å². The summed E-state index contributed by atoms with van der Waals surface area (Å²) in [6, 6.07) is 7.91. The van der Waals surface area contributed by atoms with Crippen LogP contribution in [0.25, 0.3) is 22.3 Å². The van der Waals surface area contributed by atoms with Crippen LogP contribution in [0.1, 0.15) is 24.8 Å². The van der Waals surface area contributed by atoms with Crippen LogP contribution in [0.2, 0.25) is 0 Å². The van der Waals surface area contributed by atoms with Gasteiger partial charge in [-0.25, -0.2) is 0 Å². The second-order valence-corrected chi connectivity index (χ2v) is 5.47. The lowest BCUT2D eigenvalue weighted by atomic mass is 10.1. The lowest BCUT2D eigenvalue weighted by molar-refractivity contribution is 0.283. The minimum absolute atomic E-state index is 0.0518. The Balaban J connectivity index is 1.67. The fraction of sp³-hybridized carbons (Fsp3) is 0.267. The molecule has 1 aliphatic rings. The molecule has 22 heavy (non-hydrogen) atoms. The average molecular weight is 296 g/mol. The van der Waals surface area contributed by atoms with Crippen molar-refractivity contribution in [1.82, 2.24) is 20.0 Å². The van der Waals surface area contributed by atoms with Gasteiger partial charge >= 0.3 is 0 Å². The Bertz CT molecular complexity index is 835. The predicted octanol–water partition coefficient (Wildman–Crippen LogP) is 2.25. The smallest absolute Gasteiger partial charge is 0.249 e. The van der Waals surface area contributed by atoms with Crippen molar-refractivity contribution in [2.45, 2.75) is 18.9 Å². The lowest BCUT2D eigenvalue weighted by Gasteiger charge is -2.21. The summed E-state index contributed by atoms with van der Waals surface area (Å²) in [4.78, 5) is 9.46. The Morgan fingerprint density at radius 1 is 1.41 bits per heavy atom. The van der Waals surface area contributed by atoms with Crippen molar-refractivity contribution in [2.24, 2.45) is 5.73 Å². The van der Waals surface area contributed by atoms with Gasteiger partial charge in [0, 0.05) is 29.2 Å². The fourth-order valence-electron chi connectivity index (χ4n) is 2.99. The number of benzene rings is 1. The van der Waals surface area contributed by atoms with Crippen molar-refractivity contribution in [3.05, 3.63) is 36.4 Å². The number of aromatic nitrogens is 3. The molecule has 3 heterocycles. The number of nitrogens with two attached hydrogens (primary N) is 1. The first-order chi connectivity index (χ1) is 10.7. The van der Waals surface area contributed by atoms with Gasteiger partial charge in [0.2, 0.25) is 11.7 Å². The Labute approximate surface area is 126 Å². The van der Waals surface area contributed by atoms with Gasteiger partial charge in [0.15, 0.2) is 5.96 Å². The normalized spacial score (nSPS) is 18.2. The van der Waals surface area contributed by atoms with Gasteiger partial charge in [-0.3, -0.25) is 5.41 Å². The van der Waals surface area contributed by atoms with E-state index in [4.69, 9.17) is 15.7 Å². The fourth-order valence-corrected chi connectivity index (χ4v) is 2.99. The van der Waals surface area contributed by atoms with Gasteiger partial charge in [-0.05, 0) is 37.1 Å². The summed E-state index contributed by atoms with van der Waals surface area (Å²) < 4.78 is 5.41. The molecule has 1 saturated heterocycles. The van der Waals surface area contributed by atoms with Crippen molar-refractivity contribution >= 4 is 16.9 Å². The number of nitrogens with zero attached hydrogens (tertiary/aromatic N) is 3. The number of hydrogen-bond donors (Lipinski definition) is 3. The highest BCUT2D eigenvalue weighted by atomic mass is 16.5. The molecule has 0 saturated carbocycles. The van der Waals surface area contributed by atoms with Crippen LogP contribution in [-0.4, -0.2) is 32.5 Å². The highest BCUT2D eigenvalue weighted by Crippen LogP contribution is 2.31. The third-order valence-electron chi connectivity index (χ3n) is 4.10. The highest BCUT2D eigenvalue weighted by Gasteiger charge is 2.31. The third kappa shape index (κ3) is 2.02. The van der Waals surface area contributed by atoms with E-state index in [1.165, 1.54) is 0 Å². The maximum absolute atomic E-state index is 7.63. The number of fused-ring (bicyclic) bond motifs is 1. The van der Waals surface area contributed by atoms with Crippen molar-refractivity contribution < 1.29 is 4.52 Å². The molecule has 4 N–H and O–H groups in total. The molecule has 7 nitrogen and oxygen atoms in total. The van der Waals surface area contributed by atoms with Gasteiger partial charge in [0.05, 0.1) is 0 Å². The molecular weight excluding hydrogens is 280 g/mol. The van der Waals surface area contributed by atoms with Gasteiger partial charge in [-0.1, -0.05) is 5.16 Å². The van der Waals surface area contributed by atoms with E-state index in [1.54, 1.807) is 4.90 Å². The minimum atomic E-state index is -0.0882. The summed E-state index contributed by atoms with van der Waals surface area (Å²) in [6.07, 6.45) is 3.74. The van der Waals surface area contributed by atoms with E-state index < -0.39 is 0 Å². The molecule has 4 rings (SSSR count). The van der Waals surface area contributed by atoms with E-state index in [0.29, 0.717) is 11.7 Å². The van der Waals surface area contributed by atoms with Crippen LogP contribution in [0.3, 0.4) is 0 Å². The number of H-pyrrole nitrogens is 1. The quantitative estimate of drug-likeness (QED) is 0.496. The molecule has 1 fully saturated rings. The van der Waals surface area contributed by atoms with E-state index in [0.717, 1.165) is 35.9 Å². The molecule has 0 spiro atoms. The first-order valence-corrected chi connectivity index (χ1v) is 7.24. The van der Waals surface area contributed by atoms with E-state index in [9.17, 15) is 0 Å². The van der Waals surface area contributed by atoms with Crippen LogP contribution in [0.15, 0.2) is 35.0 Å². The Morgan fingerprint density at radius 2 is 2.32 bits per heavy atom. The molecule has 0 amide bonds. The molecular formula is C15H16N6O. The number of guanidine groups is 1. The van der Waals surface area contributed by atoms with Gasteiger partial charge in [-0.15, -0.1) is 0 Å². The maximum atomic E-state index is 7.63. The second-order valence-electron chi connectivity index (χ2n) is 5.47. The van der Waals surface area contributed by atoms with Crippen molar-refractivity contribution in [1.29, 1.82) is 5.41 Å². The number of hydrogen-bond acceptors (Lipinski definition) is 4. The van der Waals surface area contributed by atoms with E-state index in [-0.39, 0.29) is 12.0 Å². The number of nitrogens with one attached hydrogen (secondary N) is 2. The zero-order valence-electron chi connectivity index (χ0n) is 11.9.